The smallest absolute Gasteiger partial charge is 0.0967 e. The second-order valence-corrected chi connectivity index (χ2v) is 7.95. The molecule has 0 saturated carbocycles. The van der Waals surface area contributed by atoms with Gasteiger partial charge in [0.1, 0.15) is 0 Å². The molecule has 0 N–H and O–H groups in total. The number of hydrogen-bond acceptors (Lipinski definition) is 4. The molecule has 2 aromatic rings. The van der Waals surface area contributed by atoms with Crippen molar-refractivity contribution < 1.29 is 0 Å². The van der Waals surface area contributed by atoms with Crippen LogP contribution in [0.4, 0.5) is 0 Å². The highest BCUT2D eigenvalue weighted by Gasteiger charge is 2.25. The van der Waals surface area contributed by atoms with Gasteiger partial charge in [-0.05, 0) is 26.3 Å². The van der Waals surface area contributed by atoms with Gasteiger partial charge in [-0.1, -0.05) is 35.5 Å². The van der Waals surface area contributed by atoms with Gasteiger partial charge in [-0.15, -0.1) is 5.10 Å². The fraction of sp³-hybridized carbons (Fsp3) is 0.529. The van der Waals surface area contributed by atoms with Crippen molar-refractivity contribution in [3.05, 3.63) is 47.8 Å². The van der Waals surface area contributed by atoms with Crippen LogP contribution in [0.3, 0.4) is 0 Å². The molecule has 0 spiro atoms. The molecule has 4 nitrogen and oxygen atoms in total. The summed E-state index contributed by atoms with van der Waals surface area (Å²) in [5, 5.41) is 8.65. The molecule has 1 aliphatic heterocycles. The topological polar surface area (TPSA) is 34.0 Å². The molecule has 0 unspecified atom stereocenters. The maximum atomic E-state index is 4.37. The Bertz CT molecular complexity index is 603. The first-order valence-corrected chi connectivity index (χ1v) is 8.98. The molecule has 1 saturated heterocycles. The first-order chi connectivity index (χ1) is 10.5. The van der Waals surface area contributed by atoms with Crippen LogP contribution in [0.5, 0.6) is 0 Å². The van der Waals surface area contributed by atoms with Crippen LogP contribution >= 0.6 is 11.8 Å². The molecule has 5 heteroatoms. The maximum Gasteiger partial charge on any atom is 0.0967 e. The molecule has 0 amide bonds. The van der Waals surface area contributed by atoms with Crippen LogP contribution in [-0.4, -0.2) is 37.9 Å². The molecule has 1 atom stereocenters. The Labute approximate surface area is 136 Å². The van der Waals surface area contributed by atoms with Crippen LogP contribution in [0, 0.1) is 0 Å². The summed E-state index contributed by atoms with van der Waals surface area (Å²) < 4.78 is 1.96. The molecule has 1 aromatic carbocycles. The van der Waals surface area contributed by atoms with Gasteiger partial charge in [-0.2, -0.15) is 11.8 Å². The number of thioether (sulfide) groups is 1. The lowest BCUT2D eigenvalue weighted by molar-refractivity contribution is 0.209. The molecule has 22 heavy (non-hydrogen) atoms. The van der Waals surface area contributed by atoms with E-state index in [4.69, 9.17) is 0 Å². The van der Waals surface area contributed by atoms with Gasteiger partial charge < -0.3 is 0 Å². The molecular weight excluding hydrogens is 292 g/mol. The summed E-state index contributed by atoms with van der Waals surface area (Å²) in [7, 11) is 0. The molecule has 0 radical (unpaired) electrons. The van der Waals surface area contributed by atoms with E-state index in [2.05, 4.69) is 72.5 Å². The second-order valence-electron chi connectivity index (χ2n) is 6.80. The third-order valence-corrected chi connectivity index (χ3v) is 5.04. The van der Waals surface area contributed by atoms with Gasteiger partial charge in [-0.25, -0.2) is 4.68 Å². The predicted octanol–water partition coefficient (Wildman–Crippen LogP) is 3.32. The zero-order valence-corrected chi connectivity index (χ0v) is 14.4. The fourth-order valence-corrected chi connectivity index (χ4v) is 3.87. The molecule has 1 fully saturated rings. The van der Waals surface area contributed by atoms with Crippen LogP contribution in [0.25, 0.3) is 0 Å². The Hall–Kier alpha value is -1.33. The van der Waals surface area contributed by atoms with Crippen LogP contribution in [0.1, 0.15) is 38.1 Å². The average Bonchev–Trinajstić information content (AvgIpc) is 2.97. The van der Waals surface area contributed by atoms with E-state index in [0.717, 1.165) is 24.5 Å². The van der Waals surface area contributed by atoms with Crippen molar-refractivity contribution in [2.75, 3.05) is 18.1 Å². The minimum atomic E-state index is -0.0121. The summed E-state index contributed by atoms with van der Waals surface area (Å²) in [5.41, 5.74) is 2.45. The van der Waals surface area contributed by atoms with Crippen LogP contribution in [0.2, 0.25) is 0 Å². The highest BCUT2D eigenvalue weighted by atomic mass is 32.2. The van der Waals surface area contributed by atoms with E-state index < -0.39 is 0 Å². The van der Waals surface area contributed by atoms with Gasteiger partial charge in [0.05, 0.1) is 17.4 Å². The van der Waals surface area contributed by atoms with Gasteiger partial charge >= 0.3 is 0 Å². The number of aromatic nitrogens is 3. The molecule has 0 aliphatic carbocycles. The highest BCUT2D eigenvalue weighted by Crippen LogP contribution is 2.30. The lowest BCUT2D eigenvalue weighted by Gasteiger charge is -2.35. The normalized spacial score (nSPS) is 20.2. The van der Waals surface area contributed by atoms with Crippen molar-refractivity contribution in [1.82, 2.24) is 19.9 Å². The zero-order valence-electron chi connectivity index (χ0n) is 13.6. The van der Waals surface area contributed by atoms with Gasteiger partial charge in [0.15, 0.2) is 0 Å². The first-order valence-electron chi connectivity index (χ1n) is 7.82. The van der Waals surface area contributed by atoms with E-state index in [1.54, 1.807) is 0 Å². The van der Waals surface area contributed by atoms with Crippen molar-refractivity contribution in [3.8, 4) is 0 Å². The number of nitrogens with zero attached hydrogens (tertiary/aromatic N) is 4. The molecule has 2 heterocycles. The predicted molar refractivity (Wildman–Crippen MR) is 91.9 cm³/mol. The van der Waals surface area contributed by atoms with E-state index in [1.165, 1.54) is 11.3 Å². The van der Waals surface area contributed by atoms with Crippen molar-refractivity contribution in [2.45, 2.75) is 38.9 Å². The van der Waals surface area contributed by atoms with Gasteiger partial charge in [0.25, 0.3) is 0 Å². The number of benzene rings is 1. The second kappa shape index (κ2) is 6.42. The molecule has 118 valence electrons. The Morgan fingerprint density at radius 3 is 2.68 bits per heavy atom. The lowest BCUT2D eigenvalue weighted by atomic mass is 10.1. The molecule has 1 aromatic heterocycles. The third-order valence-electron chi connectivity index (χ3n) is 4.02. The molecule has 3 rings (SSSR count). The Kier molecular flexibility index (Phi) is 4.54. The largest absolute Gasteiger partial charge is 0.289 e. The Morgan fingerprint density at radius 2 is 2.00 bits per heavy atom. The minimum Gasteiger partial charge on any atom is -0.289 e. The van der Waals surface area contributed by atoms with Crippen molar-refractivity contribution in [2.24, 2.45) is 0 Å². The number of hydrogen-bond donors (Lipinski definition) is 0. The van der Waals surface area contributed by atoms with E-state index in [9.17, 15) is 0 Å². The van der Waals surface area contributed by atoms with E-state index in [1.807, 2.05) is 16.4 Å². The lowest BCUT2D eigenvalue weighted by Crippen LogP contribution is -2.35. The quantitative estimate of drug-likeness (QED) is 0.870. The fourth-order valence-electron chi connectivity index (χ4n) is 2.72. The summed E-state index contributed by atoms with van der Waals surface area (Å²) in [6.45, 7) is 8.42. The minimum absolute atomic E-state index is 0.0121. The van der Waals surface area contributed by atoms with Gasteiger partial charge in [0, 0.05) is 30.6 Å². The van der Waals surface area contributed by atoms with E-state index in [-0.39, 0.29) is 5.54 Å². The number of rotatable bonds is 3. The average molecular weight is 316 g/mol. The van der Waals surface area contributed by atoms with Crippen molar-refractivity contribution in [1.29, 1.82) is 0 Å². The van der Waals surface area contributed by atoms with Crippen molar-refractivity contribution >= 4 is 11.8 Å². The SMILES string of the molecule is CC(C)(C)n1cc(CN2CCSC[C@@H]2c2ccccc2)nn1. The Morgan fingerprint density at radius 1 is 1.23 bits per heavy atom. The van der Waals surface area contributed by atoms with Crippen LogP contribution in [-0.2, 0) is 12.1 Å². The molecule has 0 bridgehead atoms. The summed E-state index contributed by atoms with van der Waals surface area (Å²) >= 11 is 2.04. The summed E-state index contributed by atoms with van der Waals surface area (Å²) in [5.74, 6) is 2.34. The van der Waals surface area contributed by atoms with E-state index >= 15 is 0 Å². The highest BCUT2D eigenvalue weighted by molar-refractivity contribution is 7.99. The van der Waals surface area contributed by atoms with Crippen LogP contribution < -0.4 is 0 Å². The standard InChI is InChI=1S/C17H24N4S/c1-17(2,3)21-12-15(18-19-21)11-20-9-10-22-13-16(20)14-7-5-4-6-8-14/h4-8,12,16H,9-11,13H2,1-3H3/t16-/m1/s1. The molecule has 1 aliphatic rings. The third kappa shape index (κ3) is 3.52. The first kappa shape index (κ1) is 15.6. The van der Waals surface area contributed by atoms with Crippen molar-refractivity contribution in [3.63, 3.8) is 0 Å². The molecular formula is C17H24N4S. The summed E-state index contributed by atoms with van der Waals surface area (Å²) in [6.07, 6.45) is 2.09. The van der Waals surface area contributed by atoms with E-state index in [0.29, 0.717) is 6.04 Å². The Balaban J connectivity index is 1.76. The van der Waals surface area contributed by atoms with Crippen LogP contribution in [0.15, 0.2) is 36.5 Å². The monoisotopic (exact) mass is 316 g/mol. The summed E-state index contributed by atoms with van der Waals surface area (Å²) in [6, 6.07) is 11.3. The van der Waals surface area contributed by atoms with Gasteiger partial charge in [0.2, 0.25) is 0 Å². The zero-order chi connectivity index (χ0) is 15.6. The summed E-state index contributed by atoms with van der Waals surface area (Å²) in [4.78, 5) is 2.53. The maximum absolute atomic E-state index is 4.37. The van der Waals surface area contributed by atoms with Gasteiger partial charge in [-0.3, -0.25) is 4.90 Å².